The lowest BCUT2D eigenvalue weighted by Crippen LogP contribution is -2.19. The molecule has 1 aromatic carbocycles. The molecule has 0 amide bonds. The van der Waals surface area contributed by atoms with Crippen LogP contribution in [-0.4, -0.2) is 23.6 Å². The summed E-state index contributed by atoms with van der Waals surface area (Å²) in [4.78, 5) is 11.0. The minimum absolute atomic E-state index is 0.650. The van der Waals surface area contributed by atoms with E-state index in [1.54, 1.807) is 0 Å². The van der Waals surface area contributed by atoms with Gasteiger partial charge in [-0.3, -0.25) is 0 Å². The van der Waals surface area contributed by atoms with Crippen molar-refractivity contribution in [2.45, 2.75) is 27.3 Å². The molecule has 0 aliphatic heterocycles. The van der Waals surface area contributed by atoms with Gasteiger partial charge in [-0.2, -0.15) is 0 Å². The summed E-state index contributed by atoms with van der Waals surface area (Å²) >= 11 is 0. The lowest BCUT2D eigenvalue weighted by Gasteiger charge is -2.19. The van der Waals surface area contributed by atoms with Crippen molar-refractivity contribution < 1.29 is 0 Å². The Balaban J connectivity index is 2.03. The zero-order valence-corrected chi connectivity index (χ0v) is 13.3. The van der Waals surface area contributed by atoms with Crippen molar-refractivity contribution in [1.82, 2.24) is 15.3 Å². The molecule has 0 fully saturated rings. The maximum atomic E-state index is 4.47. The molecule has 4 heteroatoms. The van der Waals surface area contributed by atoms with Crippen LogP contribution in [0.3, 0.4) is 0 Å². The summed E-state index contributed by atoms with van der Waals surface area (Å²) in [5, 5.41) is 3.40. The first-order valence-electron chi connectivity index (χ1n) is 7.39. The van der Waals surface area contributed by atoms with Gasteiger partial charge in [0, 0.05) is 37.2 Å². The van der Waals surface area contributed by atoms with Crippen LogP contribution in [-0.2, 0) is 6.54 Å². The Bertz CT molecular complexity index is 563. The van der Waals surface area contributed by atoms with E-state index in [1.807, 2.05) is 36.5 Å². The number of rotatable bonds is 6. The number of benzene rings is 1. The minimum atomic E-state index is 0.650. The van der Waals surface area contributed by atoms with Crippen LogP contribution in [0.2, 0.25) is 0 Å². The van der Waals surface area contributed by atoms with E-state index in [9.17, 15) is 0 Å². The van der Waals surface area contributed by atoms with E-state index in [4.69, 9.17) is 0 Å². The lowest BCUT2D eigenvalue weighted by atomic mass is 10.2. The predicted octanol–water partition coefficient (Wildman–Crippen LogP) is 3.30. The summed E-state index contributed by atoms with van der Waals surface area (Å²) in [5.74, 6) is 1.37. The highest BCUT2D eigenvalue weighted by molar-refractivity contribution is 5.60. The monoisotopic (exact) mass is 284 g/mol. The largest absolute Gasteiger partial charge is 0.313 e. The van der Waals surface area contributed by atoms with Crippen molar-refractivity contribution in [2.75, 3.05) is 18.5 Å². The molecule has 112 valence electrons. The summed E-state index contributed by atoms with van der Waals surface area (Å²) in [6, 6.07) is 8.24. The molecular weight excluding hydrogens is 260 g/mol. The molecule has 21 heavy (non-hydrogen) atoms. The molecule has 0 atom stereocenters. The van der Waals surface area contributed by atoms with Crippen LogP contribution in [0.1, 0.15) is 25.0 Å². The van der Waals surface area contributed by atoms with Crippen LogP contribution in [0.25, 0.3) is 0 Å². The maximum absolute atomic E-state index is 4.47. The van der Waals surface area contributed by atoms with Gasteiger partial charge in [0.25, 0.3) is 0 Å². The molecule has 0 radical (unpaired) electrons. The second kappa shape index (κ2) is 7.18. The Kier molecular flexibility index (Phi) is 5.28. The van der Waals surface area contributed by atoms with Crippen molar-refractivity contribution in [3.63, 3.8) is 0 Å². The van der Waals surface area contributed by atoms with Crippen LogP contribution in [0.5, 0.6) is 0 Å². The molecular formula is C17H24N4. The van der Waals surface area contributed by atoms with Crippen LogP contribution in [0, 0.1) is 12.8 Å². The first-order chi connectivity index (χ1) is 10.1. The first kappa shape index (κ1) is 15.4. The van der Waals surface area contributed by atoms with E-state index >= 15 is 0 Å². The number of para-hydroxylation sites is 1. The van der Waals surface area contributed by atoms with Gasteiger partial charge < -0.3 is 10.2 Å². The van der Waals surface area contributed by atoms with Gasteiger partial charge in [0.2, 0.25) is 5.95 Å². The number of anilines is 2. The summed E-state index contributed by atoms with van der Waals surface area (Å²) < 4.78 is 0. The summed E-state index contributed by atoms with van der Waals surface area (Å²) in [5.41, 5.74) is 3.45. The third kappa shape index (κ3) is 4.26. The highest BCUT2D eigenvalue weighted by Crippen LogP contribution is 2.23. The molecule has 0 spiro atoms. The standard InChI is InChI=1S/C17H24N4/c1-13(2)9-18-10-15-11-19-17(20-12-15)21(4)16-8-6-5-7-14(16)3/h5-8,11-13,18H,9-10H2,1-4H3. The zero-order valence-electron chi connectivity index (χ0n) is 13.3. The summed E-state index contributed by atoms with van der Waals surface area (Å²) in [6.45, 7) is 8.31. The average molecular weight is 284 g/mol. The van der Waals surface area contributed by atoms with Crippen LogP contribution in [0.15, 0.2) is 36.7 Å². The van der Waals surface area contributed by atoms with Crippen molar-refractivity contribution in [3.8, 4) is 0 Å². The van der Waals surface area contributed by atoms with E-state index in [2.05, 4.69) is 48.2 Å². The van der Waals surface area contributed by atoms with Gasteiger partial charge in [0.15, 0.2) is 0 Å². The normalized spacial score (nSPS) is 10.9. The maximum Gasteiger partial charge on any atom is 0.229 e. The highest BCUT2D eigenvalue weighted by Gasteiger charge is 2.08. The quantitative estimate of drug-likeness (QED) is 0.883. The van der Waals surface area contributed by atoms with Gasteiger partial charge >= 0.3 is 0 Å². The van der Waals surface area contributed by atoms with Gasteiger partial charge in [-0.1, -0.05) is 32.0 Å². The average Bonchev–Trinajstić information content (AvgIpc) is 2.47. The topological polar surface area (TPSA) is 41.1 Å². The summed E-state index contributed by atoms with van der Waals surface area (Å²) in [7, 11) is 1.99. The molecule has 2 aromatic rings. The molecule has 0 aliphatic carbocycles. The molecule has 1 heterocycles. The number of nitrogens with zero attached hydrogens (tertiary/aromatic N) is 3. The van der Waals surface area contributed by atoms with Gasteiger partial charge in [0.1, 0.15) is 0 Å². The number of aromatic nitrogens is 2. The minimum Gasteiger partial charge on any atom is -0.313 e. The van der Waals surface area contributed by atoms with Gasteiger partial charge in [-0.15, -0.1) is 0 Å². The van der Waals surface area contributed by atoms with E-state index in [0.717, 1.165) is 30.3 Å². The molecule has 0 saturated carbocycles. The number of nitrogens with one attached hydrogen (secondary N) is 1. The zero-order chi connectivity index (χ0) is 15.2. The Hall–Kier alpha value is -1.94. The fourth-order valence-electron chi connectivity index (χ4n) is 2.17. The third-order valence-electron chi connectivity index (χ3n) is 3.35. The Labute approximate surface area is 127 Å². The van der Waals surface area contributed by atoms with E-state index in [-0.39, 0.29) is 0 Å². The Morgan fingerprint density at radius 2 is 1.81 bits per heavy atom. The van der Waals surface area contributed by atoms with E-state index in [1.165, 1.54) is 5.56 Å². The van der Waals surface area contributed by atoms with Gasteiger partial charge in [0.05, 0.1) is 0 Å². The van der Waals surface area contributed by atoms with Crippen LogP contribution in [0.4, 0.5) is 11.6 Å². The second-order valence-corrected chi connectivity index (χ2v) is 5.76. The second-order valence-electron chi connectivity index (χ2n) is 5.76. The van der Waals surface area contributed by atoms with Crippen molar-refractivity contribution in [2.24, 2.45) is 5.92 Å². The fourth-order valence-corrected chi connectivity index (χ4v) is 2.17. The highest BCUT2D eigenvalue weighted by atomic mass is 15.2. The molecule has 0 saturated heterocycles. The molecule has 0 bridgehead atoms. The smallest absolute Gasteiger partial charge is 0.229 e. The molecule has 4 nitrogen and oxygen atoms in total. The SMILES string of the molecule is Cc1ccccc1N(C)c1ncc(CNCC(C)C)cn1. The van der Waals surface area contributed by atoms with Crippen molar-refractivity contribution in [3.05, 3.63) is 47.8 Å². The lowest BCUT2D eigenvalue weighted by molar-refractivity contribution is 0.551. The van der Waals surface area contributed by atoms with Crippen LogP contribution < -0.4 is 10.2 Å². The molecule has 2 rings (SSSR count). The number of hydrogen-bond acceptors (Lipinski definition) is 4. The van der Waals surface area contributed by atoms with Gasteiger partial charge in [-0.05, 0) is 31.0 Å². The fraction of sp³-hybridized carbons (Fsp3) is 0.412. The Morgan fingerprint density at radius 1 is 1.14 bits per heavy atom. The van der Waals surface area contributed by atoms with Crippen LogP contribution >= 0.6 is 0 Å². The molecule has 1 aromatic heterocycles. The van der Waals surface area contributed by atoms with Gasteiger partial charge in [-0.25, -0.2) is 9.97 Å². The predicted molar refractivity (Wildman–Crippen MR) is 87.8 cm³/mol. The summed E-state index contributed by atoms with van der Waals surface area (Å²) in [6.07, 6.45) is 3.79. The first-order valence-corrected chi connectivity index (χ1v) is 7.39. The molecule has 0 unspecified atom stereocenters. The van der Waals surface area contributed by atoms with Crippen molar-refractivity contribution >= 4 is 11.6 Å². The Morgan fingerprint density at radius 3 is 2.43 bits per heavy atom. The third-order valence-corrected chi connectivity index (χ3v) is 3.35. The van der Waals surface area contributed by atoms with E-state index in [0.29, 0.717) is 5.92 Å². The molecule has 1 N–H and O–H groups in total. The number of hydrogen-bond donors (Lipinski definition) is 1. The molecule has 0 aliphatic rings. The number of aryl methyl sites for hydroxylation is 1. The van der Waals surface area contributed by atoms with E-state index < -0.39 is 0 Å². The van der Waals surface area contributed by atoms with Crippen molar-refractivity contribution in [1.29, 1.82) is 0 Å².